The standard InChI is InChI=1S/C14H14BrClN2/c1-10-4-5-17-8-12(10)9-18-7-11-2-3-13(15)14(16)6-11/h2-6,8,18H,7,9H2,1H3. The van der Waals surface area contributed by atoms with Gasteiger partial charge in [0, 0.05) is 30.0 Å². The molecule has 94 valence electrons. The van der Waals surface area contributed by atoms with Gasteiger partial charge in [0.2, 0.25) is 0 Å². The summed E-state index contributed by atoms with van der Waals surface area (Å²) >= 11 is 9.43. The van der Waals surface area contributed by atoms with Crippen LogP contribution in [0.5, 0.6) is 0 Å². The molecule has 0 aliphatic heterocycles. The van der Waals surface area contributed by atoms with Gasteiger partial charge in [-0.05, 0) is 57.7 Å². The molecule has 4 heteroatoms. The van der Waals surface area contributed by atoms with Crippen molar-refractivity contribution in [2.24, 2.45) is 0 Å². The van der Waals surface area contributed by atoms with Crippen LogP contribution < -0.4 is 5.32 Å². The van der Waals surface area contributed by atoms with Crippen molar-refractivity contribution in [3.63, 3.8) is 0 Å². The number of pyridine rings is 1. The molecule has 0 unspecified atom stereocenters. The Kier molecular flexibility index (Phi) is 4.75. The van der Waals surface area contributed by atoms with Gasteiger partial charge < -0.3 is 5.32 Å². The predicted molar refractivity (Wildman–Crippen MR) is 78.7 cm³/mol. The van der Waals surface area contributed by atoms with E-state index in [2.05, 4.69) is 39.2 Å². The smallest absolute Gasteiger partial charge is 0.0551 e. The van der Waals surface area contributed by atoms with Crippen molar-refractivity contribution in [2.75, 3.05) is 0 Å². The van der Waals surface area contributed by atoms with Crippen molar-refractivity contribution in [1.29, 1.82) is 0 Å². The Balaban J connectivity index is 1.92. The molecule has 0 bridgehead atoms. The molecule has 2 rings (SSSR count). The van der Waals surface area contributed by atoms with E-state index < -0.39 is 0 Å². The van der Waals surface area contributed by atoms with Crippen molar-refractivity contribution in [3.05, 3.63) is 62.8 Å². The summed E-state index contributed by atoms with van der Waals surface area (Å²) in [5.41, 5.74) is 3.65. The summed E-state index contributed by atoms with van der Waals surface area (Å²) in [6, 6.07) is 8.01. The van der Waals surface area contributed by atoms with E-state index in [1.54, 1.807) is 0 Å². The largest absolute Gasteiger partial charge is 0.309 e. The minimum absolute atomic E-state index is 0.742. The van der Waals surface area contributed by atoms with Gasteiger partial charge in [-0.2, -0.15) is 0 Å². The van der Waals surface area contributed by atoms with E-state index in [0.29, 0.717) is 0 Å². The molecule has 2 nitrogen and oxygen atoms in total. The molecule has 0 atom stereocenters. The Morgan fingerprint density at radius 1 is 1.28 bits per heavy atom. The van der Waals surface area contributed by atoms with Crippen LogP contribution in [-0.4, -0.2) is 4.98 Å². The second-order valence-electron chi connectivity index (χ2n) is 4.15. The highest BCUT2D eigenvalue weighted by Gasteiger charge is 2.00. The number of aryl methyl sites for hydroxylation is 1. The maximum absolute atomic E-state index is 6.05. The molecule has 1 aromatic heterocycles. The Morgan fingerprint density at radius 2 is 2.11 bits per heavy atom. The monoisotopic (exact) mass is 324 g/mol. The van der Waals surface area contributed by atoms with Crippen LogP contribution >= 0.6 is 27.5 Å². The number of benzene rings is 1. The third-order valence-corrected chi connectivity index (χ3v) is 4.01. The number of aromatic nitrogens is 1. The van der Waals surface area contributed by atoms with E-state index in [4.69, 9.17) is 11.6 Å². The van der Waals surface area contributed by atoms with Gasteiger partial charge in [0.15, 0.2) is 0 Å². The average molecular weight is 326 g/mol. The lowest BCUT2D eigenvalue weighted by Crippen LogP contribution is -2.13. The minimum Gasteiger partial charge on any atom is -0.309 e. The van der Waals surface area contributed by atoms with E-state index in [-0.39, 0.29) is 0 Å². The summed E-state index contributed by atoms with van der Waals surface area (Å²) in [4.78, 5) is 4.13. The zero-order chi connectivity index (χ0) is 13.0. The predicted octanol–water partition coefficient (Wildman–Crippen LogP) is 4.10. The van der Waals surface area contributed by atoms with Crippen LogP contribution in [0.25, 0.3) is 0 Å². The van der Waals surface area contributed by atoms with Crippen LogP contribution in [0.1, 0.15) is 16.7 Å². The van der Waals surface area contributed by atoms with Gasteiger partial charge in [0.25, 0.3) is 0 Å². The zero-order valence-electron chi connectivity index (χ0n) is 10.1. The van der Waals surface area contributed by atoms with Crippen LogP contribution in [0.2, 0.25) is 5.02 Å². The summed E-state index contributed by atoms with van der Waals surface area (Å²) in [6.07, 6.45) is 3.71. The lowest BCUT2D eigenvalue weighted by atomic mass is 10.1. The van der Waals surface area contributed by atoms with E-state index in [9.17, 15) is 0 Å². The maximum atomic E-state index is 6.05. The van der Waals surface area contributed by atoms with Crippen molar-refractivity contribution < 1.29 is 0 Å². The molecular formula is C14H14BrClN2. The summed E-state index contributed by atoms with van der Waals surface area (Å²) in [5, 5.41) is 4.13. The summed E-state index contributed by atoms with van der Waals surface area (Å²) in [7, 11) is 0. The Labute approximate surface area is 121 Å². The third kappa shape index (κ3) is 3.55. The van der Waals surface area contributed by atoms with E-state index in [1.165, 1.54) is 16.7 Å². The van der Waals surface area contributed by atoms with E-state index in [1.807, 2.05) is 30.6 Å². The number of hydrogen-bond donors (Lipinski definition) is 1. The van der Waals surface area contributed by atoms with Gasteiger partial charge in [-0.1, -0.05) is 17.7 Å². The fraction of sp³-hybridized carbons (Fsp3) is 0.214. The average Bonchev–Trinajstić information content (AvgIpc) is 2.36. The van der Waals surface area contributed by atoms with Crippen LogP contribution in [0.4, 0.5) is 0 Å². The van der Waals surface area contributed by atoms with Crippen molar-refractivity contribution >= 4 is 27.5 Å². The molecule has 0 radical (unpaired) electrons. The number of hydrogen-bond acceptors (Lipinski definition) is 2. The number of halogens is 2. The van der Waals surface area contributed by atoms with Gasteiger partial charge in [-0.25, -0.2) is 0 Å². The van der Waals surface area contributed by atoms with Crippen molar-refractivity contribution in [1.82, 2.24) is 10.3 Å². The Hall–Kier alpha value is -0.900. The highest BCUT2D eigenvalue weighted by atomic mass is 79.9. The van der Waals surface area contributed by atoms with Gasteiger partial charge in [0.1, 0.15) is 0 Å². The Morgan fingerprint density at radius 3 is 2.83 bits per heavy atom. The molecule has 0 aliphatic carbocycles. The second kappa shape index (κ2) is 6.32. The highest BCUT2D eigenvalue weighted by Crippen LogP contribution is 2.23. The highest BCUT2D eigenvalue weighted by molar-refractivity contribution is 9.10. The fourth-order valence-electron chi connectivity index (χ4n) is 1.67. The Bertz CT molecular complexity index is 543. The summed E-state index contributed by atoms with van der Waals surface area (Å²) < 4.78 is 0.927. The molecule has 18 heavy (non-hydrogen) atoms. The second-order valence-corrected chi connectivity index (χ2v) is 5.42. The molecule has 1 N–H and O–H groups in total. The van der Waals surface area contributed by atoms with Crippen molar-refractivity contribution in [3.8, 4) is 0 Å². The van der Waals surface area contributed by atoms with Crippen LogP contribution in [0.3, 0.4) is 0 Å². The van der Waals surface area contributed by atoms with Crippen LogP contribution in [0.15, 0.2) is 41.1 Å². The van der Waals surface area contributed by atoms with Crippen LogP contribution in [-0.2, 0) is 13.1 Å². The third-order valence-electron chi connectivity index (χ3n) is 2.78. The molecule has 0 spiro atoms. The molecule has 0 amide bonds. The van der Waals surface area contributed by atoms with Gasteiger partial charge >= 0.3 is 0 Å². The van der Waals surface area contributed by atoms with Gasteiger partial charge in [-0.15, -0.1) is 0 Å². The first-order valence-corrected chi connectivity index (χ1v) is 6.88. The topological polar surface area (TPSA) is 24.9 Å². The van der Waals surface area contributed by atoms with E-state index >= 15 is 0 Å². The quantitative estimate of drug-likeness (QED) is 0.915. The summed E-state index contributed by atoms with van der Waals surface area (Å²) in [6.45, 7) is 3.70. The lowest BCUT2D eigenvalue weighted by Gasteiger charge is -2.08. The molecule has 0 fully saturated rings. The van der Waals surface area contributed by atoms with Gasteiger partial charge in [-0.3, -0.25) is 4.98 Å². The molecule has 1 heterocycles. The molecule has 0 aliphatic rings. The van der Waals surface area contributed by atoms with Gasteiger partial charge in [0.05, 0.1) is 5.02 Å². The molecule has 2 aromatic rings. The minimum atomic E-state index is 0.742. The molecular weight excluding hydrogens is 312 g/mol. The normalized spacial score (nSPS) is 10.6. The number of nitrogens with one attached hydrogen (secondary N) is 1. The maximum Gasteiger partial charge on any atom is 0.0551 e. The summed E-state index contributed by atoms with van der Waals surface area (Å²) in [5.74, 6) is 0. The molecule has 1 aromatic carbocycles. The molecule has 0 saturated carbocycles. The molecule has 0 saturated heterocycles. The number of rotatable bonds is 4. The SMILES string of the molecule is Cc1ccncc1CNCc1ccc(Br)c(Cl)c1. The number of nitrogens with zero attached hydrogens (tertiary/aromatic N) is 1. The zero-order valence-corrected chi connectivity index (χ0v) is 12.4. The van der Waals surface area contributed by atoms with Crippen molar-refractivity contribution in [2.45, 2.75) is 20.0 Å². The lowest BCUT2D eigenvalue weighted by molar-refractivity contribution is 0.688. The van der Waals surface area contributed by atoms with E-state index in [0.717, 1.165) is 22.6 Å². The van der Waals surface area contributed by atoms with Crippen LogP contribution in [0, 0.1) is 6.92 Å². The first-order valence-electron chi connectivity index (χ1n) is 5.71. The first kappa shape index (κ1) is 13.5. The first-order chi connectivity index (χ1) is 8.66. The fourth-order valence-corrected chi connectivity index (χ4v) is 2.12.